The Morgan fingerprint density at radius 1 is 1.62 bits per heavy atom. The number of rotatable bonds is 3. The van der Waals surface area contributed by atoms with Gasteiger partial charge in [0.1, 0.15) is 11.6 Å². The molecule has 16 heavy (non-hydrogen) atoms. The van der Waals surface area contributed by atoms with E-state index in [1.165, 1.54) is 0 Å². The van der Waals surface area contributed by atoms with Crippen molar-refractivity contribution in [1.82, 2.24) is 4.98 Å². The van der Waals surface area contributed by atoms with Crippen LogP contribution >= 0.6 is 0 Å². The Bertz CT molecular complexity index is 373. The van der Waals surface area contributed by atoms with Crippen molar-refractivity contribution in [2.24, 2.45) is 5.92 Å². The molecule has 4 nitrogen and oxygen atoms in total. The van der Waals surface area contributed by atoms with Gasteiger partial charge >= 0.3 is 0 Å². The molecule has 0 saturated carbocycles. The van der Waals surface area contributed by atoms with Gasteiger partial charge in [0.25, 0.3) is 0 Å². The first-order valence-corrected chi connectivity index (χ1v) is 5.56. The highest BCUT2D eigenvalue weighted by molar-refractivity contribution is 5.83. The molecule has 2 N–H and O–H groups in total. The number of carbonyl (C=O) groups excluding carboxylic acids is 1. The molecule has 0 amide bonds. The zero-order chi connectivity index (χ0) is 11.4. The molecular formula is C12H16N2O2. The molecule has 1 aromatic rings. The van der Waals surface area contributed by atoms with Crippen molar-refractivity contribution in [1.29, 1.82) is 0 Å². The maximum Gasteiger partial charge on any atom is 0.142 e. The summed E-state index contributed by atoms with van der Waals surface area (Å²) in [6, 6.07) is 3.58. The van der Waals surface area contributed by atoms with Crippen LogP contribution in [0.5, 0.6) is 0 Å². The summed E-state index contributed by atoms with van der Waals surface area (Å²) in [6.45, 7) is 1.35. The van der Waals surface area contributed by atoms with Gasteiger partial charge in [0.2, 0.25) is 0 Å². The van der Waals surface area contributed by atoms with Gasteiger partial charge in [0.15, 0.2) is 0 Å². The standard InChI is InChI=1S/C12H16N2O2/c13-12-7-9(3-4-14-12)6-11(15)10-2-1-5-16-8-10/h3-4,7,10H,1-2,5-6,8H2,(H2,13,14). The van der Waals surface area contributed by atoms with E-state index < -0.39 is 0 Å². The first-order chi connectivity index (χ1) is 7.75. The van der Waals surface area contributed by atoms with E-state index in [-0.39, 0.29) is 11.7 Å². The molecule has 1 saturated heterocycles. The predicted molar refractivity (Wildman–Crippen MR) is 60.9 cm³/mol. The van der Waals surface area contributed by atoms with E-state index in [1.54, 1.807) is 12.3 Å². The average molecular weight is 220 g/mol. The third-order valence-electron chi connectivity index (χ3n) is 2.84. The first-order valence-electron chi connectivity index (χ1n) is 5.56. The zero-order valence-corrected chi connectivity index (χ0v) is 9.19. The van der Waals surface area contributed by atoms with Gasteiger partial charge in [-0.1, -0.05) is 0 Å². The van der Waals surface area contributed by atoms with Crippen molar-refractivity contribution >= 4 is 11.6 Å². The molecule has 2 heterocycles. The van der Waals surface area contributed by atoms with E-state index >= 15 is 0 Å². The van der Waals surface area contributed by atoms with Crippen LogP contribution in [0.4, 0.5) is 5.82 Å². The molecule has 1 fully saturated rings. The number of ketones is 1. The zero-order valence-electron chi connectivity index (χ0n) is 9.19. The maximum absolute atomic E-state index is 11.9. The second-order valence-corrected chi connectivity index (χ2v) is 4.15. The number of nitrogens with two attached hydrogens (primary N) is 1. The minimum atomic E-state index is 0.0585. The fourth-order valence-corrected chi connectivity index (χ4v) is 1.94. The van der Waals surface area contributed by atoms with Crippen molar-refractivity contribution in [2.45, 2.75) is 19.3 Å². The average Bonchev–Trinajstić information content (AvgIpc) is 2.30. The lowest BCUT2D eigenvalue weighted by Gasteiger charge is -2.20. The normalized spacial score (nSPS) is 20.6. The fourth-order valence-electron chi connectivity index (χ4n) is 1.94. The second-order valence-electron chi connectivity index (χ2n) is 4.15. The third-order valence-corrected chi connectivity index (χ3v) is 2.84. The van der Waals surface area contributed by atoms with E-state index in [1.807, 2.05) is 6.07 Å². The molecule has 0 spiro atoms. The quantitative estimate of drug-likeness (QED) is 0.831. The van der Waals surface area contributed by atoms with E-state index in [2.05, 4.69) is 4.98 Å². The summed E-state index contributed by atoms with van der Waals surface area (Å²) in [7, 11) is 0. The van der Waals surface area contributed by atoms with Crippen LogP contribution in [-0.2, 0) is 16.0 Å². The second kappa shape index (κ2) is 5.07. The van der Waals surface area contributed by atoms with Crippen molar-refractivity contribution < 1.29 is 9.53 Å². The first kappa shape index (κ1) is 11.1. The summed E-state index contributed by atoms with van der Waals surface area (Å²) in [4.78, 5) is 15.8. The van der Waals surface area contributed by atoms with Gasteiger partial charge in [-0.2, -0.15) is 0 Å². The van der Waals surface area contributed by atoms with Gasteiger partial charge in [-0.05, 0) is 30.5 Å². The van der Waals surface area contributed by atoms with Gasteiger partial charge in [0, 0.05) is 25.1 Å². The number of carbonyl (C=O) groups is 1. The molecule has 2 rings (SSSR count). The highest BCUT2D eigenvalue weighted by Crippen LogP contribution is 2.17. The number of nitrogens with zero attached hydrogens (tertiary/aromatic N) is 1. The number of nitrogen functional groups attached to an aromatic ring is 1. The van der Waals surface area contributed by atoms with E-state index in [0.717, 1.165) is 25.0 Å². The van der Waals surface area contributed by atoms with Crippen molar-refractivity contribution in [2.75, 3.05) is 18.9 Å². The minimum Gasteiger partial charge on any atom is -0.384 e. The molecule has 4 heteroatoms. The molecule has 0 aromatic carbocycles. The molecule has 1 atom stereocenters. The molecule has 1 aliphatic rings. The summed E-state index contributed by atoms with van der Waals surface area (Å²) in [5.41, 5.74) is 6.50. The Hall–Kier alpha value is -1.42. The van der Waals surface area contributed by atoms with Gasteiger partial charge in [0.05, 0.1) is 6.61 Å². The lowest BCUT2D eigenvalue weighted by Crippen LogP contribution is -2.26. The summed E-state index contributed by atoms with van der Waals surface area (Å²) in [6.07, 6.45) is 3.99. The smallest absolute Gasteiger partial charge is 0.142 e. The Morgan fingerprint density at radius 3 is 3.19 bits per heavy atom. The van der Waals surface area contributed by atoms with Crippen LogP contribution in [0, 0.1) is 5.92 Å². The predicted octanol–water partition coefficient (Wildman–Crippen LogP) is 1.20. The van der Waals surface area contributed by atoms with Crippen LogP contribution in [0.1, 0.15) is 18.4 Å². The number of Topliss-reactive ketones (excluding diaryl/α,β-unsaturated/α-hetero) is 1. The molecule has 0 radical (unpaired) electrons. The minimum absolute atomic E-state index is 0.0585. The van der Waals surface area contributed by atoms with Crippen LogP contribution in [0.25, 0.3) is 0 Å². The van der Waals surface area contributed by atoms with Crippen LogP contribution in [-0.4, -0.2) is 24.0 Å². The van der Waals surface area contributed by atoms with E-state index in [0.29, 0.717) is 18.8 Å². The molecule has 0 bridgehead atoms. The van der Waals surface area contributed by atoms with Gasteiger partial charge in [-0.25, -0.2) is 4.98 Å². The molecule has 1 unspecified atom stereocenters. The van der Waals surface area contributed by atoms with Crippen molar-refractivity contribution in [3.8, 4) is 0 Å². The van der Waals surface area contributed by atoms with E-state index in [9.17, 15) is 4.79 Å². The molecule has 1 aromatic heterocycles. The molecule has 0 aliphatic carbocycles. The van der Waals surface area contributed by atoms with Crippen LogP contribution in [0.15, 0.2) is 18.3 Å². The highest BCUT2D eigenvalue weighted by atomic mass is 16.5. The summed E-state index contributed by atoms with van der Waals surface area (Å²) >= 11 is 0. The number of pyridine rings is 1. The van der Waals surface area contributed by atoms with Crippen molar-refractivity contribution in [3.05, 3.63) is 23.9 Å². The largest absolute Gasteiger partial charge is 0.384 e. The Labute approximate surface area is 94.8 Å². The maximum atomic E-state index is 11.9. The van der Waals surface area contributed by atoms with E-state index in [4.69, 9.17) is 10.5 Å². The van der Waals surface area contributed by atoms with Gasteiger partial charge in [-0.3, -0.25) is 4.79 Å². The monoisotopic (exact) mass is 220 g/mol. The lowest BCUT2D eigenvalue weighted by molar-refractivity contribution is -0.126. The number of ether oxygens (including phenoxy) is 1. The van der Waals surface area contributed by atoms with Gasteiger partial charge in [-0.15, -0.1) is 0 Å². The molecule has 1 aliphatic heterocycles. The van der Waals surface area contributed by atoms with Crippen molar-refractivity contribution in [3.63, 3.8) is 0 Å². The summed E-state index contributed by atoms with van der Waals surface area (Å²) in [5.74, 6) is 0.763. The SMILES string of the molecule is Nc1cc(CC(=O)C2CCCOC2)ccn1. The number of aromatic nitrogens is 1. The Morgan fingerprint density at radius 2 is 2.50 bits per heavy atom. The molecule has 86 valence electrons. The topological polar surface area (TPSA) is 65.2 Å². The third kappa shape index (κ3) is 2.79. The number of anilines is 1. The number of hydrogen-bond acceptors (Lipinski definition) is 4. The van der Waals surface area contributed by atoms with Crippen LogP contribution in [0.2, 0.25) is 0 Å². The van der Waals surface area contributed by atoms with Gasteiger partial charge < -0.3 is 10.5 Å². The van der Waals surface area contributed by atoms with Crippen LogP contribution in [0.3, 0.4) is 0 Å². The fraction of sp³-hybridized carbons (Fsp3) is 0.500. The van der Waals surface area contributed by atoms with Crippen LogP contribution < -0.4 is 5.73 Å². The summed E-state index contributed by atoms with van der Waals surface area (Å²) in [5, 5.41) is 0. The molecular weight excluding hydrogens is 204 g/mol. The lowest BCUT2D eigenvalue weighted by atomic mass is 9.93. The number of hydrogen-bond donors (Lipinski definition) is 1. The Kier molecular flexibility index (Phi) is 3.51. The summed E-state index contributed by atoms with van der Waals surface area (Å²) < 4.78 is 5.31. The highest BCUT2D eigenvalue weighted by Gasteiger charge is 2.21. The Balaban J connectivity index is 1.96.